The molecule has 0 aliphatic carbocycles. The van der Waals surface area contributed by atoms with Gasteiger partial charge in [0.15, 0.2) is 17.6 Å². The fourth-order valence-electron chi connectivity index (χ4n) is 1.25. The Hall–Kier alpha value is -1.96. The lowest BCUT2D eigenvalue weighted by molar-refractivity contribution is -0.210. The Morgan fingerprint density at radius 1 is 1.42 bits per heavy atom. The second-order valence-corrected chi connectivity index (χ2v) is 3.51. The van der Waals surface area contributed by atoms with Crippen LogP contribution in [-0.2, 0) is 0 Å². The topological polar surface area (TPSA) is 76.0 Å². The number of carboxylic acid groups (broad SMARTS) is 1. The van der Waals surface area contributed by atoms with E-state index in [0.29, 0.717) is 0 Å². The first-order valence-electron chi connectivity index (χ1n) is 5.05. The van der Waals surface area contributed by atoms with Crippen molar-refractivity contribution in [1.82, 2.24) is 0 Å². The predicted molar refractivity (Wildman–Crippen MR) is 57.5 cm³/mol. The standard InChI is InChI=1S/C11H11F3O5/c1-18-7-4-2-3-6(10(16)17)9(7)19-5-8(15)11(12,13)14/h2-4,8,15H,5H2,1H3,(H,16,17). The van der Waals surface area contributed by atoms with E-state index < -0.39 is 24.9 Å². The third-order valence-electron chi connectivity index (χ3n) is 2.19. The minimum atomic E-state index is -4.84. The number of benzene rings is 1. The number of aromatic carboxylic acids is 1. The first kappa shape index (κ1) is 15.1. The van der Waals surface area contributed by atoms with Crippen LogP contribution in [0, 0.1) is 0 Å². The van der Waals surface area contributed by atoms with Gasteiger partial charge >= 0.3 is 12.1 Å². The maximum absolute atomic E-state index is 12.1. The van der Waals surface area contributed by atoms with E-state index in [2.05, 4.69) is 0 Å². The number of rotatable bonds is 5. The molecule has 1 rings (SSSR count). The van der Waals surface area contributed by atoms with Crippen molar-refractivity contribution in [2.24, 2.45) is 0 Å². The Morgan fingerprint density at radius 2 is 2.05 bits per heavy atom. The third kappa shape index (κ3) is 3.75. The van der Waals surface area contributed by atoms with Crippen LogP contribution >= 0.6 is 0 Å². The van der Waals surface area contributed by atoms with Gasteiger partial charge in [-0.15, -0.1) is 0 Å². The van der Waals surface area contributed by atoms with Gasteiger partial charge in [0.05, 0.1) is 7.11 Å². The average Bonchev–Trinajstić information content (AvgIpc) is 2.33. The molecular formula is C11H11F3O5. The van der Waals surface area contributed by atoms with Gasteiger partial charge in [0.1, 0.15) is 12.2 Å². The Balaban J connectivity index is 2.96. The van der Waals surface area contributed by atoms with Crippen LogP contribution in [0.5, 0.6) is 11.5 Å². The Kier molecular flexibility index (Phi) is 4.60. The van der Waals surface area contributed by atoms with Crippen LogP contribution in [0.2, 0.25) is 0 Å². The number of ether oxygens (including phenoxy) is 2. The molecule has 106 valence electrons. The van der Waals surface area contributed by atoms with Gasteiger partial charge in [-0.1, -0.05) is 6.07 Å². The molecule has 5 nitrogen and oxygen atoms in total. The van der Waals surface area contributed by atoms with Crippen molar-refractivity contribution in [2.45, 2.75) is 12.3 Å². The predicted octanol–water partition coefficient (Wildman–Crippen LogP) is 1.70. The van der Waals surface area contributed by atoms with E-state index in [1.165, 1.54) is 19.2 Å². The SMILES string of the molecule is COc1cccc(C(=O)O)c1OCC(O)C(F)(F)F. The number of carbonyl (C=O) groups is 1. The van der Waals surface area contributed by atoms with Gasteiger partial charge in [-0.05, 0) is 12.1 Å². The fraction of sp³-hybridized carbons (Fsp3) is 0.364. The molecule has 0 fully saturated rings. The van der Waals surface area contributed by atoms with Gasteiger partial charge in [0.2, 0.25) is 0 Å². The molecular weight excluding hydrogens is 269 g/mol. The molecule has 0 amide bonds. The number of hydrogen-bond donors (Lipinski definition) is 2. The summed E-state index contributed by atoms with van der Waals surface area (Å²) in [6, 6.07) is 3.84. The molecule has 2 N–H and O–H groups in total. The van der Waals surface area contributed by atoms with Gasteiger partial charge in [-0.25, -0.2) is 4.79 Å². The molecule has 0 aliphatic heterocycles. The van der Waals surface area contributed by atoms with Crippen LogP contribution in [0.15, 0.2) is 18.2 Å². The van der Waals surface area contributed by atoms with Gasteiger partial charge in [0.25, 0.3) is 0 Å². The molecule has 1 unspecified atom stereocenters. The molecule has 1 aromatic rings. The molecule has 19 heavy (non-hydrogen) atoms. The van der Waals surface area contributed by atoms with Crippen molar-refractivity contribution >= 4 is 5.97 Å². The van der Waals surface area contributed by atoms with Crippen molar-refractivity contribution in [3.8, 4) is 11.5 Å². The van der Waals surface area contributed by atoms with Crippen LogP contribution in [0.1, 0.15) is 10.4 Å². The zero-order valence-corrected chi connectivity index (χ0v) is 9.77. The summed E-state index contributed by atoms with van der Waals surface area (Å²) in [6.45, 7) is -1.12. The average molecular weight is 280 g/mol. The van der Waals surface area contributed by atoms with Crippen LogP contribution in [-0.4, -0.2) is 42.2 Å². The van der Waals surface area contributed by atoms with Crippen LogP contribution in [0.4, 0.5) is 13.2 Å². The van der Waals surface area contributed by atoms with Crippen LogP contribution < -0.4 is 9.47 Å². The van der Waals surface area contributed by atoms with Crippen LogP contribution in [0.25, 0.3) is 0 Å². The van der Waals surface area contributed by atoms with Crippen molar-refractivity contribution in [3.05, 3.63) is 23.8 Å². The zero-order valence-electron chi connectivity index (χ0n) is 9.77. The first-order chi connectivity index (χ1) is 8.77. The molecule has 0 aliphatic rings. The molecule has 0 radical (unpaired) electrons. The summed E-state index contributed by atoms with van der Waals surface area (Å²) in [5, 5.41) is 17.7. The number of methoxy groups -OCH3 is 1. The van der Waals surface area contributed by atoms with Crippen molar-refractivity contribution in [3.63, 3.8) is 0 Å². The summed E-state index contributed by atoms with van der Waals surface area (Å²) in [4.78, 5) is 10.9. The maximum Gasteiger partial charge on any atom is 0.417 e. The molecule has 1 atom stereocenters. The third-order valence-corrected chi connectivity index (χ3v) is 2.19. The van der Waals surface area contributed by atoms with Gasteiger partial charge < -0.3 is 19.7 Å². The number of aliphatic hydroxyl groups is 1. The van der Waals surface area contributed by atoms with E-state index in [1.54, 1.807) is 0 Å². The van der Waals surface area contributed by atoms with Gasteiger partial charge in [-0.3, -0.25) is 0 Å². The smallest absolute Gasteiger partial charge is 0.417 e. The Morgan fingerprint density at radius 3 is 2.53 bits per heavy atom. The fourth-order valence-corrected chi connectivity index (χ4v) is 1.25. The Labute approximate surface area is 106 Å². The summed E-state index contributed by atoms with van der Waals surface area (Å²) in [6.07, 6.45) is -7.55. The highest BCUT2D eigenvalue weighted by Gasteiger charge is 2.39. The first-order valence-corrected chi connectivity index (χ1v) is 5.05. The molecule has 0 saturated carbocycles. The number of alkyl halides is 3. The van der Waals surface area contributed by atoms with Gasteiger partial charge in [-0.2, -0.15) is 13.2 Å². The molecule has 0 aromatic heterocycles. The molecule has 0 spiro atoms. The van der Waals surface area contributed by atoms with Crippen LogP contribution in [0.3, 0.4) is 0 Å². The lowest BCUT2D eigenvalue weighted by Gasteiger charge is -2.17. The largest absolute Gasteiger partial charge is 0.493 e. The minimum absolute atomic E-state index is 0.0331. The number of para-hydroxylation sites is 1. The number of hydrogen-bond acceptors (Lipinski definition) is 4. The minimum Gasteiger partial charge on any atom is -0.493 e. The summed E-state index contributed by atoms with van der Waals surface area (Å²) < 4.78 is 45.9. The van der Waals surface area contributed by atoms with E-state index >= 15 is 0 Å². The second kappa shape index (κ2) is 5.79. The molecule has 1 aromatic carbocycles. The van der Waals surface area contributed by atoms with Crippen molar-refractivity contribution in [2.75, 3.05) is 13.7 Å². The van der Waals surface area contributed by atoms with E-state index in [0.717, 1.165) is 6.07 Å². The summed E-state index contributed by atoms with van der Waals surface area (Å²) in [5.74, 6) is -1.77. The summed E-state index contributed by atoms with van der Waals surface area (Å²) in [7, 11) is 1.22. The molecule has 0 heterocycles. The van der Waals surface area contributed by atoms with Gasteiger partial charge in [0, 0.05) is 0 Å². The number of carboxylic acids is 1. The van der Waals surface area contributed by atoms with E-state index in [-0.39, 0.29) is 17.1 Å². The van der Waals surface area contributed by atoms with Crippen molar-refractivity contribution < 1.29 is 37.7 Å². The molecule has 8 heteroatoms. The highest BCUT2D eigenvalue weighted by Crippen LogP contribution is 2.32. The highest BCUT2D eigenvalue weighted by molar-refractivity contribution is 5.92. The van der Waals surface area contributed by atoms with Crippen molar-refractivity contribution in [1.29, 1.82) is 0 Å². The van der Waals surface area contributed by atoms with E-state index in [1.807, 2.05) is 0 Å². The lowest BCUT2D eigenvalue weighted by atomic mass is 10.2. The molecule has 0 saturated heterocycles. The summed E-state index contributed by atoms with van der Waals surface area (Å²) >= 11 is 0. The molecule has 0 bridgehead atoms. The maximum atomic E-state index is 12.1. The number of halogens is 3. The zero-order chi connectivity index (χ0) is 14.6. The normalized spacial score (nSPS) is 12.9. The van der Waals surface area contributed by atoms with E-state index in [4.69, 9.17) is 19.7 Å². The Bertz CT molecular complexity index is 458. The monoisotopic (exact) mass is 280 g/mol. The highest BCUT2D eigenvalue weighted by atomic mass is 19.4. The quantitative estimate of drug-likeness (QED) is 0.858. The van der Waals surface area contributed by atoms with E-state index in [9.17, 15) is 18.0 Å². The summed E-state index contributed by atoms with van der Waals surface area (Å²) in [5.41, 5.74) is -0.353. The number of aliphatic hydroxyl groups excluding tert-OH is 1. The lowest BCUT2D eigenvalue weighted by Crippen LogP contribution is -2.34. The second-order valence-electron chi connectivity index (χ2n) is 3.51.